The van der Waals surface area contributed by atoms with Crippen LogP contribution in [0.1, 0.15) is 58.6 Å². The topological polar surface area (TPSA) is 49.4 Å². The van der Waals surface area contributed by atoms with E-state index in [-0.39, 0.29) is 17.2 Å². The molecule has 0 saturated carbocycles. The van der Waals surface area contributed by atoms with Gasteiger partial charge in [-0.15, -0.1) is 11.8 Å². The highest BCUT2D eigenvalue weighted by molar-refractivity contribution is 8.00. The second-order valence-corrected chi connectivity index (χ2v) is 9.56. The third-order valence-corrected chi connectivity index (χ3v) is 7.10. The molecular weight excluding hydrogens is 428 g/mol. The fraction of sp³-hybridized carbons (Fsp3) is 0.286. The Balaban J connectivity index is 1.41. The quantitative estimate of drug-likeness (QED) is 0.380. The molecule has 0 aromatic heterocycles. The highest BCUT2D eigenvalue weighted by Gasteiger charge is 2.34. The van der Waals surface area contributed by atoms with Crippen LogP contribution >= 0.6 is 11.8 Å². The molecule has 0 unspecified atom stereocenters. The number of anilines is 2. The molecule has 0 radical (unpaired) electrons. The van der Waals surface area contributed by atoms with Gasteiger partial charge in [-0.3, -0.25) is 14.5 Å². The van der Waals surface area contributed by atoms with Crippen molar-refractivity contribution in [3.63, 3.8) is 0 Å². The standard InChI is InChI=1S/C28H30N2O2S/c1-3-4-5-8-21-10-12-22(13-11-21)27(32)29-24-16-14-23(15-17-24)28-30(26(31)19-33-28)25-9-6-7-20(2)18-25/h6-7,9-18,28H,3-5,8,19H2,1-2H3,(H,29,32)/t28-/m0/s1. The molecule has 3 aromatic carbocycles. The summed E-state index contributed by atoms with van der Waals surface area (Å²) in [4.78, 5) is 27.1. The molecule has 1 atom stereocenters. The summed E-state index contributed by atoms with van der Waals surface area (Å²) >= 11 is 1.63. The van der Waals surface area contributed by atoms with Crippen molar-refractivity contribution in [3.05, 3.63) is 95.1 Å². The molecule has 0 spiro atoms. The molecule has 2 amide bonds. The Morgan fingerprint density at radius 3 is 2.48 bits per heavy atom. The Kier molecular flexibility index (Phi) is 7.50. The lowest BCUT2D eigenvalue weighted by Crippen LogP contribution is -2.27. The summed E-state index contributed by atoms with van der Waals surface area (Å²) in [6.07, 6.45) is 4.67. The molecule has 4 rings (SSSR count). The normalized spacial score (nSPS) is 15.6. The number of hydrogen-bond acceptors (Lipinski definition) is 3. The van der Waals surface area contributed by atoms with E-state index in [4.69, 9.17) is 0 Å². The Morgan fingerprint density at radius 1 is 1.03 bits per heavy atom. The number of carbonyl (C=O) groups excluding carboxylic acids is 2. The summed E-state index contributed by atoms with van der Waals surface area (Å²) in [5.41, 5.74) is 5.76. The summed E-state index contributed by atoms with van der Waals surface area (Å²) in [6, 6.07) is 23.7. The van der Waals surface area contributed by atoms with Gasteiger partial charge in [-0.1, -0.05) is 56.2 Å². The van der Waals surface area contributed by atoms with Crippen molar-refractivity contribution >= 4 is 35.0 Å². The van der Waals surface area contributed by atoms with Gasteiger partial charge in [-0.05, 0) is 72.9 Å². The molecule has 3 aromatic rings. The second-order valence-electron chi connectivity index (χ2n) is 8.50. The van der Waals surface area contributed by atoms with E-state index in [1.165, 1.54) is 24.8 Å². The predicted octanol–water partition coefficient (Wildman–Crippen LogP) is 6.76. The minimum absolute atomic E-state index is 0.0655. The van der Waals surface area contributed by atoms with Crippen LogP contribution in [0.4, 0.5) is 11.4 Å². The molecule has 33 heavy (non-hydrogen) atoms. The average Bonchev–Trinajstić information content (AvgIpc) is 3.21. The van der Waals surface area contributed by atoms with Gasteiger partial charge in [0.2, 0.25) is 5.91 Å². The number of benzene rings is 3. The highest BCUT2D eigenvalue weighted by Crippen LogP contribution is 2.42. The van der Waals surface area contributed by atoms with E-state index in [2.05, 4.69) is 12.2 Å². The summed E-state index contributed by atoms with van der Waals surface area (Å²) in [7, 11) is 0. The number of nitrogens with zero attached hydrogens (tertiary/aromatic N) is 1. The average molecular weight is 459 g/mol. The number of rotatable bonds is 8. The van der Waals surface area contributed by atoms with Crippen LogP contribution < -0.4 is 10.2 Å². The Labute approximate surface area is 200 Å². The fourth-order valence-electron chi connectivity index (χ4n) is 4.06. The SMILES string of the molecule is CCCCCc1ccc(C(=O)Nc2ccc([C@@H]3SCC(=O)N3c3cccc(C)c3)cc2)cc1. The van der Waals surface area contributed by atoms with E-state index in [0.29, 0.717) is 11.3 Å². The zero-order chi connectivity index (χ0) is 23.2. The van der Waals surface area contributed by atoms with Crippen LogP contribution in [0.3, 0.4) is 0 Å². The second kappa shape index (κ2) is 10.7. The smallest absolute Gasteiger partial charge is 0.255 e. The lowest BCUT2D eigenvalue weighted by molar-refractivity contribution is -0.115. The summed E-state index contributed by atoms with van der Waals surface area (Å²) in [5, 5.41) is 2.92. The van der Waals surface area contributed by atoms with Crippen molar-refractivity contribution in [2.75, 3.05) is 16.0 Å². The number of thioether (sulfide) groups is 1. The first-order valence-corrected chi connectivity index (χ1v) is 12.6. The van der Waals surface area contributed by atoms with Gasteiger partial charge in [0.15, 0.2) is 0 Å². The lowest BCUT2D eigenvalue weighted by atomic mass is 10.1. The number of aryl methyl sites for hydroxylation is 2. The van der Waals surface area contributed by atoms with Crippen LogP contribution in [-0.4, -0.2) is 17.6 Å². The van der Waals surface area contributed by atoms with Crippen LogP contribution in [0.2, 0.25) is 0 Å². The maximum atomic E-state index is 12.7. The largest absolute Gasteiger partial charge is 0.322 e. The van der Waals surface area contributed by atoms with Crippen molar-refractivity contribution in [3.8, 4) is 0 Å². The number of carbonyl (C=O) groups is 2. The van der Waals surface area contributed by atoms with Crippen LogP contribution in [0.15, 0.2) is 72.8 Å². The van der Waals surface area contributed by atoms with E-state index >= 15 is 0 Å². The summed E-state index contributed by atoms with van der Waals surface area (Å²) in [5.74, 6) is 0.465. The molecule has 1 fully saturated rings. The lowest BCUT2D eigenvalue weighted by Gasteiger charge is -2.25. The van der Waals surface area contributed by atoms with Gasteiger partial charge >= 0.3 is 0 Å². The number of nitrogens with one attached hydrogen (secondary N) is 1. The van der Waals surface area contributed by atoms with Crippen LogP contribution in [0.5, 0.6) is 0 Å². The van der Waals surface area contributed by atoms with Crippen LogP contribution in [-0.2, 0) is 11.2 Å². The minimum atomic E-state index is -0.116. The van der Waals surface area contributed by atoms with E-state index in [1.807, 2.05) is 84.6 Å². The zero-order valence-electron chi connectivity index (χ0n) is 19.2. The first kappa shape index (κ1) is 23.1. The first-order valence-electron chi connectivity index (χ1n) is 11.6. The maximum absolute atomic E-state index is 12.7. The monoisotopic (exact) mass is 458 g/mol. The molecule has 5 heteroatoms. The number of amides is 2. The zero-order valence-corrected chi connectivity index (χ0v) is 20.0. The molecule has 1 heterocycles. The van der Waals surface area contributed by atoms with Gasteiger partial charge in [-0.25, -0.2) is 0 Å². The number of unbranched alkanes of at least 4 members (excludes halogenated alkanes) is 2. The maximum Gasteiger partial charge on any atom is 0.255 e. The summed E-state index contributed by atoms with van der Waals surface area (Å²) in [6.45, 7) is 4.23. The summed E-state index contributed by atoms with van der Waals surface area (Å²) < 4.78 is 0. The Bertz CT molecular complexity index is 1110. The van der Waals surface area contributed by atoms with E-state index in [1.54, 1.807) is 11.8 Å². The Hall–Kier alpha value is -3.05. The van der Waals surface area contributed by atoms with Crippen molar-refractivity contribution in [2.24, 2.45) is 0 Å². The minimum Gasteiger partial charge on any atom is -0.322 e. The van der Waals surface area contributed by atoms with Crippen LogP contribution in [0.25, 0.3) is 0 Å². The Morgan fingerprint density at radius 2 is 1.79 bits per heavy atom. The van der Waals surface area contributed by atoms with Gasteiger partial charge in [0.05, 0.1) is 5.75 Å². The fourth-order valence-corrected chi connectivity index (χ4v) is 5.24. The molecule has 0 aliphatic carbocycles. The molecular formula is C28H30N2O2S. The van der Waals surface area contributed by atoms with Gasteiger partial charge < -0.3 is 5.32 Å². The van der Waals surface area contributed by atoms with Crippen molar-refractivity contribution in [1.82, 2.24) is 0 Å². The van der Waals surface area contributed by atoms with Crippen molar-refractivity contribution < 1.29 is 9.59 Å². The van der Waals surface area contributed by atoms with E-state index < -0.39 is 0 Å². The molecule has 170 valence electrons. The third kappa shape index (κ3) is 5.66. The molecule has 1 aliphatic heterocycles. The molecule has 1 N–H and O–H groups in total. The van der Waals surface area contributed by atoms with Crippen molar-refractivity contribution in [1.29, 1.82) is 0 Å². The molecule has 1 aliphatic rings. The van der Waals surface area contributed by atoms with Crippen molar-refractivity contribution in [2.45, 2.75) is 44.9 Å². The van der Waals surface area contributed by atoms with Crippen LogP contribution in [0, 0.1) is 6.92 Å². The first-order chi connectivity index (χ1) is 16.0. The molecule has 4 nitrogen and oxygen atoms in total. The molecule has 0 bridgehead atoms. The number of hydrogen-bond donors (Lipinski definition) is 1. The van der Waals surface area contributed by atoms with E-state index in [9.17, 15) is 9.59 Å². The predicted molar refractivity (Wildman–Crippen MR) is 138 cm³/mol. The van der Waals surface area contributed by atoms with Gasteiger partial charge in [-0.2, -0.15) is 0 Å². The van der Waals surface area contributed by atoms with E-state index in [0.717, 1.165) is 28.9 Å². The highest BCUT2D eigenvalue weighted by atomic mass is 32.2. The van der Waals surface area contributed by atoms with Gasteiger partial charge in [0, 0.05) is 16.9 Å². The third-order valence-electron chi connectivity index (χ3n) is 5.89. The van der Waals surface area contributed by atoms with Gasteiger partial charge in [0.25, 0.3) is 5.91 Å². The van der Waals surface area contributed by atoms with Gasteiger partial charge in [0.1, 0.15) is 5.37 Å². The molecule has 1 saturated heterocycles.